The molecule has 2 aromatic rings. The molecule has 2 aliphatic rings. The van der Waals surface area contributed by atoms with Crippen LogP contribution in [0.15, 0.2) is 42.2 Å². The molecule has 1 aromatic heterocycles. The average molecular weight is 511 g/mol. The van der Waals surface area contributed by atoms with E-state index in [0.717, 1.165) is 29.0 Å². The molecule has 2 aliphatic heterocycles. The molecular formula is C29H42N4O4. The molecule has 0 saturated carbocycles. The van der Waals surface area contributed by atoms with Gasteiger partial charge in [-0.05, 0) is 43.5 Å². The van der Waals surface area contributed by atoms with Gasteiger partial charge in [0.2, 0.25) is 0 Å². The van der Waals surface area contributed by atoms with Crippen LogP contribution in [-0.4, -0.2) is 71.6 Å². The van der Waals surface area contributed by atoms with Crippen LogP contribution in [0.5, 0.6) is 11.5 Å². The number of benzene rings is 1. The van der Waals surface area contributed by atoms with Crippen molar-refractivity contribution in [2.24, 2.45) is 7.05 Å². The maximum absolute atomic E-state index is 13.8. The van der Waals surface area contributed by atoms with Gasteiger partial charge in [0.25, 0.3) is 5.91 Å². The molecule has 202 valence electrons. The van der Waals surface area contributed by atoms with Gasteiger partial charge in [0.1, 0.15) is 17.2 Å². The Bertz CT molecular complexity index is 1120. The first-order valence-electron chi connectivity index (χ1n) is 13.3. The van der Waals surface area contributed by atoms with Gasteiger partial charge in [0, 0.05) is 62.7 Å². The van der Waals surface area contributed by atoms with E-state index in [-0.39, 0.29) is 17.9 Å². The van der Waals surface area contributed by atoms with E-state index >= 15 is 0 Å². The molecular weight excluding hydrogens is 468 g/mol. The van der Waals surface area contributed by atoms with Crippen molar-refractivity contribution >= 4 is 11.9 Å². The van der Waals surface area contributed by atoms with Crippen LogP contribution in [-0.2, 0) is 13.6 Å². The van der Waals surface area contributed by atoms with Crippen LogP contribution in [0.3, 0.4) is 0 Å². The van der Waals surface area contributed by atoms with Crippen molar-refractivity contribution in [1.82, 2.24) is 19.3 Å². The first kappa shape index (κ1) is 28.2. The van der Waals surface area contributed by atoms with Gasteiger partial charge in [-0.25, -0.2) is 4.79 Å². The SMILES string of the molecule is CC.CCN1CCN(C(=O)c2cccn2C)CCCC2=C[C@H](C)c3c(cc(OC)cc3OC)CN2C1=O. The topological polar surface area (TPSA) is 67.2 Å². The van der Waals surface area contributed by atoms with Crippen molar-refractivity contribution in [3.05, 3.63) is 59.1 Å². The highest BCUT2D eigenvalue weighted by Gasteiger charge is 2.31. The minimum Gasteiger partial charge on any atom is -0.497 e. The number of likely N-dealkylation sites (N-methyl/N-ethyl adjacent to an activating group) is 1. The number of carbonyl (C=O) groups excluding carboxylic acids is 2. The summed E-state index contributed by atoms with van der Waals surface area (Å²) >= 11 is 0. The largest absolute Gasteiger partial charge is 0.497 e. The highest BCUT2D eigenvalue weighted by Crippen LogP contribution is 2.39. The van der Waals surface area contributed by atoms with E-state index in [1.165, 1.54) is 0 Å². The zero-order chi connectivity index (χ0) is 27.1. The summed E-state index contributed by atoms with van der Waals surface area (Å²) in [5, 5.41) is 0. The Hall–Kier alpha value is -3.42. The zero-order valence-corrected chi connectivity index (χ0v) is 23.4. The number of aromatic nitrogens is 1. The molecule has 1 fully saturated rings. The lowest BCUT2D eigenvalue weighted by Crippen LogP contribution is -2.47. The fourth-order valence-electron chi connectivity index (χ4n) is 5.15. The Morgan fingerprint density at radius 2 is 1.86 bits per heavy atom. The Morgan fingerprint density at radius 1 is 1.11 bits per heavy atom. The summed E-state index contributed by atoms with van der Waals surface area (Å²) in [6.07, 6.45) is 5.55. The molecule has 0 unspecified atom stereocenters. The lowest BCUT2D eigenvalue weighted by atomic mass is 9.94. The molecule has 0 aliphatic carbocycles. The lowest BCUT2D eigenvalue weighted by Gasteiger charge is -2.35. The molecule has 8 heteroatoms. The van der Waals surface area contributed by atoms with Crippen molar-refractivity contribution in [1.29, 1.82) is 0 Å². The number of urea groups is 1. The Kier molecular flexibility index (Phi) is 9.66. The fraction of sp³-hybridized carbons (Fsp3) is 0.517. The number of carbonyl (C=O) groups is 2. The number of allylic oxidation sites excluding steroid dienone is 2. The molecule has 8 nitrogen and oxygen atoms in total. The summed E-state index contributed by atoms with van der Waals surface area (Å²) in [5.74, 6) is 1.56. The van der Waals surface area contributed by atoms with Crippen LogP contribution in [0.4, 0.5) is 4.79 Å². The number of methoxy groups -OCH3 is 2. The van der Waals surface area contributed by atoms with Gasteiger partial charge in [0.05, 0.1) is 20.8 Å². The van der Waals surface area contributed by atoms with Crippen LogP contribution in [0.2, 0.25) is 0 Å². The Morgan fingerprint density at radius 3 is 2.49 bits per heavy atom. The minimum absolute atomic E-state index is 0.00545. The zero-order valence-electron chi connectivity index (χ0n) is 23.4. The van der Waals surface area contributed by atoms with Crippen LogP contribution in [0, 0.1) is 0 Å². The van der Waals surface area contributed by atoms with Crippen LogP contribution in [0.25, 0.3) is 0 Å². The van der Waals surface area contributed by atoms with Gasteiger partial charge in [-0.15, -0.1) is 0 Å². The second kappa shape index (κ2) is 12.7. The summed E-state index contributed by atoms with van der Waals surface area (Å²) in [6.45, 7) is 10.8. The Balaban J connectivity index is 0.00000186. The van der Waals surface area contributed by atoms with Gasteiger partial charge < -0.3 is 23.8 Å². The number of nitrogens with zero attached hydrogens (tertiary/aromatic N) is 4. The molecule has 0 bridgehead atoms. The van der Waals surface area contributed by atoms with Gasteiger partial charge in [0.15, 0.2) is 0 Å². The smallest absolute Gasteiger partial charge is 0.324 e. The molecule has 0 spiro atoms. The van der Waals surface area contributed by atoms with Crippen LogP contribution >= 0.6 is 0 Å². The molecule has 3 heterocycles. The number of ether oxygens (including phenoxy) is 2. The molecule has 0 N–H and O–H groups in total. The minimum atomic E-state index is -0.0336. The van der Waals surface area contributed by atoms with E-state index < -0.39 is 0 Å². The standard InChI is InChI=1S/C27H36N4O4.C2H6/c1-6-29-13-14-30(26(32)23-10-8-11-28(23)3)12-7-9-21-15-19(2)25-20(18-31(21)27(29)33)16-22(34-4)17-24(25)35-5;1-2/h8,10-11,15-17,19H,6-7,9,12-14,18H2,1-5H3;1-2H3/t19-;/m0./s1. The van der Waals surface area contributed by atoms with E-state index in [1.807, 2.05) is 77.5 Å². The Labute approximate surface area is 221 Å². The monoisotopic (exact) mass is 510 g/mol. The predicted octanol–water partition coefficient (Wildman–Crippen LogP) is 5.25. The van der Waals surface area contributed by atoms with E-state index in [4.69, 9.17) is 9.47 Å². The second-order valence-corrected chi connectivity index (χ2v) is 9.20. The first-order valence-corrected chi connectivity index (χ1v) is 13.3. The van der Waals surface area contributed by atoms with Crippen molar-refractivity contribution in [3.63, 3.8) is 0 Å². The number of hydrogen-bond acceptors (Lipinski definition) is 4. The first-order chi connectivity index (χ1) is 17.9. The number of hydrogen-bond donors (Lipinski definition) is 0. The third-order valence-electron chi connectivity index (χ3n) is 7.06. The third-order valence-corrected chi connectivity index (χ3v) is 7.06. The van der Waals surface area contributed by atoms with E-state index in [1.54, 1.807) is 14.2 Å². The molecule has 1 aromatic carbocycles. The van der Waals surface area contributed by atoms with Crippen LogP contribution in [0.1, 0.15) is 68.1 Å². The molecule has 1 atom stereocenters. The fourth-order valence-corrected chi connectivity index (χ4v) is 5.15. The van der Waals surface area contributed by atoms with Crippen molar-refractivity contribution in [2.75, 3.05) is 40.4 Å². The summed E-state index contributed by atoms with van der Waals surface area (Å²) in [4.78, 5) is 32.7. The number of rotatable bonds is 4. The number of fused-ring (bicyclic) bond motifs is 2. The van der Waals surface area contributed by atoms with E-state index in [2.05, 4.69) is 13.0 Å². The molecule has 3 amide bonds. The van der Waals surface area contributed by atoms with E-state index in [0.29, 0.717) is 50.6 Å². The average Bonchev–Trinajstić information content (AvgIpc) is 3.29. The summed E-state index contributed by atoms with van der Waals surface area (Å²) < 4.78 is 13.1. The molecule has 37 heavy (non-hydrogen) atoms. The summed E-state index contributed by atoms with van der Waals surface area (Å²) in [7, 11) is 5.19. The van der Waals surface area contributed by atoms with E-state index in [9.17, 15) is 9.59 Å². The predicted molar refractivity (Wildman–Crippen MR) is 146 cm³/mol. The third kappa shape index (κ3) is 5.95. The van der Waals surface area contributed by atoms with Crippen molar-refractivity contribution in [2.45, 2.75) is 53.0 Å². The maximum atomic E-state index is 13.8. The van der Waals surface area contributed by atoms with Crippen molar-refractivity contribution < 1.29 is 19.1 Å². The molecule has 1 saturated heterocycles. The quantitative estimate of drug-likeness (QED) is 0.564. The summed E-state index contributed by atoms with van der Waals surface area (Å²) in [6, 6.07) is 7.61. The van der Waals surface area contributed by atoms with Crippen molar-refractivity contribution in [3.8, 4) is 11.5 Å². The lowest BCUT2D eigenvalue weighted by molar-refractivity contribution is 0.0716. The highest BCUT2D eigenvalue weighted by atomic mass is 16.5. The van der Waals surface area contributed by atoms with Gasteiger partial charge in [-0.3, -0.25) is 9.69 Å². The highest BCUT2D eigenvalue weighted by molar-refractivity contribution is 5.92. The molecule has 0 radical (unpaired) electrons. The van der Waals surface area contributed by atoms with Crippen LogP contribution < -0.4 is 9.47 Å². The van der Waals surface area contributed by atoms with Gasteiger partial charge in [-0.1, -0.05) is 26.8 Å². The van der Waals surface area contributed by atoms with Gasteiger partial charge >= 0.3 is 6.03 Å². The maximum Gasteiger partial charge on any atom is 0.324 e. The summed E-state index contributed by atoms with van der Waals surface area (Å²) in [5.41, 5.74) is 3.77. The normalized spacial score (nSPS) is 18.0. The number of amides is 3. The molecule has 4 rings (SSSR count). The van der Waals surface area contributed by atoms with Gasteiger partial charge in [-0.2, -0.15) is 0 Å². The second-order valence-electron chi connectivity index (χ2n) is 9.20. The number of aryl methyl sites for hydroxylation is 1.